The van der Waals surface area contributed by atoms with Gasteiger partial charge in [0.15, 0.2) is 0 Å². The second-order valence-corrected chi connectivity index (χ2v) is 9.89. The molecule has 0 saturated carbocycles. The Morgan fingerprint density at radius 2 is 1.70 bits per heavy atom. The van der Waals surface area contributed by atoms with Gasteiger partial charge in [0.1, 0.15) is 30.6 Å². The second-order valence-electron chi connectivity index (χ2n) is 9.89. The van der Waals surface area contributed by atoms with Gasteiger partial charge >= 0.3 is 0 Å². The van der Waals surface area contributed by atoms with Gasteiger partial charge in [0, 0.05) is 45.5 Å². The molecule has 4 atom stereocenters. The van der Waals surface area contributed by atoms with Gasteiger partial charge in [-0.25, -0.2) is 9.97 Å². The van der Waals surface area contributed by atoms with Crippen molar-refractivity contribution >= 4 is 28.7 Å². The van der Waals surface area contributed by atoms with Gasteiger partial charge in [0.25, 0.3) is 0 Å². The molecule has 11 heteroatoms. The van der Waals surface area contributed by atoms with Crippen LogP contribution in [0.1, 0.15) is 39.5 Å². The molecule has 2 amide bonds. The molecule has 4 rings (SSSR count). The third-order valence-electron chi connectivity index (χ3n) is 7.58. The normalized spacial score (nSPS) is 23.4. The van der Waals surface area contributed by atoms with Crippen LogP contribution in [-0.4, -0.2) is 88.9 Å². The SMILES string of the molecule is CC1CCN(C(=O)CC#N)CC1N(C)c1ncnc2[nH]ccc12.CNC1CN(C(=O)CC#N)CCC1C. The molecule has 4 heterocycles. The highest BCUT2D eigenvalue weighted by Gasteiger charge is 2.32. The number of rotatable bonds is 5. The molecular formula is C26H37N9O2. The number of aromatic amines is 1. The van der Waals surface area contributed by atoms with E-state index < -0.39 is 0 Å². The van der Waals surface area contributed by atoms with Gasteiger partial charge in [0.05, 0.1) is 23.6 Å². The van der Waals surface area contributed by atoms with Gasteiger partial charge in [-0.2, -0.15) is 10.5 Å². The van der Waals surface area contributed by atoms with Crippen molar-refractivity contribution < 1.29 is 9.59 Å². The van der Waals surface area contributed by atoms with Crippen molar-refractivity contribution in [2.24, 2.45) is 11.8 Å². The zero-order valence-electron chi connectivity index (χ0n) is 22.1. The number of nitriles is 2. The fourth-order valence-electron chi connectivity index (χ4n) is 5.11. The smallest absolute Gasteiger partial charge is 0.236 e. The highest BCUT2D eigenvalue weighted by Crippen LogP contribution is 2.28. The van der Waals surface area contributed by atoms with Crippen LogP contribution in [0.2, 0.25) is 0 Å². The van der Waals surface area contributed by atoms with Crippen molar-refractivity contribution in [2.45, 2.75) is 51.6 Å². The van der Waals surface area contributed by atoms with Crippen molar-refractivity contribution in [3.8, 4) is 12.1 Å². The minimum Gasteiger partial charge on any atom is -0.354 e. The molecular weight excluding hydrogens is 470 g/mol. The van der Waals surface area contributed by atoms with E-state index in [1.165, 1.54) is 0 Å². The highest BCUT2D eigenvalue weighted by molar-refractivity contribution is 5.87. The van der Waals surface area contributed by atoms with E-state index in [2.05, 4.69) is 39.0 Å². The summed E-state index contributed by atoms with van der Waals surface area (Å²) in [4.78, 5) is 40.9. The number of piperidine rings is 2. The lowest BCUT2D eigenvalue weighted by molar-refractivity contribution is -0.132. The molecule has 2 aromatic heterocycles. The zero-order valence-corrected chi connectivity index (χ0v) is 22.1. The molecule has 198 valence electrons. The largest absolute Gasteiger partial charge is 0.354 e. The Labute approximate surface area is 218 Å². The van der Waals surface area contributed by atoms with E-state index in [1.807, 2.05) is 38.5 Å². The predicted octanol–water partition coefficient (Wildman–Crippen LogP) is 1.90. The van der Waals surface area contributed by atoms with Gasteiger partial charge in [-0.05, 0) is 37.8 Å². The topological polar surface area (TPSA) is 145 Å². The molecule has 0 aromatic carbocycles. The fourth-order valence-corrected chi connectivity index (χ4v) is 5.11. The summed E-state index contributed by atoms with van der Waals surface area (Å²) in [7, 11) is 3.92. The maximum absolute atomic E-state index is 12.0. The zero-order chi connectivity index (χ0) is 26.9. The maximum atomic E-state index is 12.0. The van der Waals surface area contributed by atoms with E-state index in [1.54, 1.807) is 16.1 Å². The third kappa shape index (κ3) is 6.75. The number of likely N-dealkylation sites (tertiary alicyclic amines) is 2. The Bertz CT molecular complexity index is 1150. The monoisotopic (exact) mass is 507 g/mol. The molecule has 2 saturated heterocycles. The molecule has 2 aliphatic heterocycles. The van der Waals surface area contributed by atoms with Gasteiger partial charge in [-0.1, -0.05) is 13.8 Å². The number of likely N-dealkylation sites (N-methyl/N-ethyl adjacent to an activating group) is 2. The number of hydrogen-bond donors (Lipinski definition) is 2. The number of carbonyl (C=O) groups is 2. The number of anilines is 1. The Morgan fingerprint density at radius 3 is 2.32 bits per heavy atom. The van der Waals surface area contributed by atoms with E-state index in [4.69, 9.17) is 10.5 Å². The lowest BCUT2D eigenvalue weighted by Gasteiger charge is -2.42. The average molecular weight is 508 g/mol. The van der Waals surface area contributed by atoms with Crippen LogP contribution in [0.4, 0.5) is 5.82 Å². The van der Waals surface area contributed by atoms with Crippen molar-refractivity contribution in [1.82, 2.24) is 30.1 Å². The molecule has 37 heavy (non-hydrogen) atoms. The average Bonchev–Trinajstić information content (AvgIpc) is 3.39. The Morgan fingerprint density at radius 1 is 1.08 bits per heavy atom. The Hall–Kier alpha value is -3.70. The quantitative estimate of drug-likeness (QED) is 0.624. The first-order valence-electron chi connectivity index (χ1n) is 12.8. The first-order chi connectivity index (χ1) is 17.8. The first-order valence-corrected chi connectivity index (χ1v) is 12.8. The Kier molecular flexibility index (Phi) is 9.81. The van der Waals surface area contributed by atoms with E-state index in [0.29, 0.717) is 24.4 Å². The molecule has 2 fully saturated rings. The minimum absolute atomic E-state index is 0.00478. The summed E-state index contributed by atoms with van der Waals surface area (Å²) >= 11 is 0. The van der Waals surface area contributed by atoms with Gasteiger partial charge in [-0.3, -0.25) is 9.59 Å². The summed E-state index contributed by atoms with van der Waals surface area (Å²) in [6, 6.07) is 6.34. The molecule has 2 aromatic rings. The van der Waals surface area contributed by atoms with Gasteiger partial charge in [0.2, 0.25) is 11.8 Å². The molecule has 2 N–H and O–H groups in total. The molecule has 2 aliphatic rings. The summed E-state index contributed by atoms with van der Waals surface area (Å²) in [5.41, 5.74) is 0.808. The number of nitrogens with one attached hydrogen (secondary N) is 2. The number of amides is 2. The van der Waals surface area contributed by atoms with Crippen LogP contribution in [0.5, 0.6) is 0 Å². The van der Waals surface area contributed by atoms with Crippen molar-refractivity contribution in [2.75, 3.05) is 45.2 Å². The van der Waals surface area contributed by atoms with E-state index in [0.717, 1.165) is 49.3 Å². The third-order valence-corrected chi connectivity index (χ3v) is 7.58. The van der Waals surface area contributed by atoms with Crippen LogP contribution in [0.15, 0.2) is 18.6 Å². The molecule has 0 spiro atoms. The van der Waals surface area contributed by atoms with Crippen LogP contribution in [0.25, 0.3) is 11.0 Å². The lowest BCUT2D eigenvalue weighted by Crippen LogP contribution is -2.52. The van der Waals surface area contributed by atoms with Crippen LogP contribution in [0.3, 0.4) is 0 Å². The van der Waals surface area contributed by atoms with Gasteiger partial charge in [-0.15, -0.1) is 0 Å². The number of H-pyrrole nitrogens is 1. The number of aromatic nitrogens is 3. The summed E-state index contributed by atoms with van der Waals surface area (Å²) in [6.45, 7) is 7.25. The summed E-state index contributed by atoms with van der Waals surface area (Å²) in [6.07, 6.45) is 5.29. The Balaban J connectivity index is 0.000000233. The van der Waals surface area contributed by atoms with Gasteiger partial charge < -0.3 is 25.0 Å². The van der Waals surface area contributed by atoms with E-state index >= 15 is 0 Å². The summed E-state index contributed by atoms with van der Waals surface area (Å²) in [5, 5.41) is 21.3. The summed E-state index contributed by atoms with van der Waals surface area (Å²) < 4.78 is 0. The number of hydrogen-bond acceptors (Lipinski definition) is 8. The number of nitrogens with zero attached hydrogens (tertiary/aromatic N) is 7. The van der Waals surface area contributed by atoms with Crippen molar-refractivity contribution in [3.05, 3.63) is 18.6 Å². The molecule has 0 bridgehead atoms. The minimum atomic E-state index is -0.0905. The molecule has 0 aliphatic carbocycles. The molecule has 4 unspecified atom stereocenters. The maximum Gasteiger partial charge on any atom is 0.236 e. The van der Waals surface area contributed by atoms with Crippen LogP contribution >= 0.6 is 0 Å². The summed E-state index contributed by atoms with van der Waals surface area (Å²) in [5.74, 6) is 1.77. The van der Waals surface area contributed by atoms with Crippen molar-refractivity contribution in [3.63, 3.8) is 0 Å². The van der Waals surface area contributed by atoms with E-state index in [-0.39, 0.29) is 30.7 Å². The van der Waals surface area contributed by atoms with Crippen molar-refractivity contribution in [1.29, 1.82) is 10.5 Å². The van der Waals surface area contributed by atoms with E-state index in [9.17, 15) is 9.59 Å². The van der Waals surface area contributed by atoms with Crippen LogP contribution < -0.4 is 10.2 Å². The first kappa shape index (κ1) is 27.9. The number of fused-ring (bicyclic) bond motifs is 1. The highest BCUT2D eigenvalue weighted by atomic mass is 16.2. The standard InChI is InChI=1S/C16H20N6O.C10H17N3O/c1-11-5-8-22(14(23)3-6-17)9-13(11)21(2)16-12-4-7-18-15(12)19-10-20-16;1-8-4-6-13(7-9(8)12-2)10(14)3-5-11/h4,7,10-11,13H,3,5,8-9H2,1-2H3,(H,18,19,20);8-9,12H,3-4,6-7H2,1-2H3. The lowest BCUT2D eigenvalue weighted by atomic mass is 9.92. The number of carbonyl (C=O) groups excluding carboxylic acids is 2. The predicted molar refractivity (Wildman–Crippen MR) is 140 cm³/mol. The van der Waals surface area contributed by atoms with Crippen LogP contribution in [0, 0.1) is 34.5 Å². The molecule has 11 nitrogen and oxygen atoms in total. The fraction of sp³-hybridized carbons (Fsp3) is 0.615. The van der Waals surface area contributed by atoms with Crippen LogP contribution in [-0.2, 0) is 9.59 Å². The second kappa shape index (κ2) is 13.0. The molecule has 0 radical (unpaired) electrons.